The van der Waals surface area contributed by atoms with Crippen LogP contribution in [0.4, 0.5) is 15.8 Å². The number of anilines is 1. The van der Waals surface area contributed by atoms with E-state index in [0.29, 0.717) is 5.17 Å². The third-order valence-electron chi connectivity index (χ3n) is 5.19. The summed E-state index contributed by atoms with van der Waals surface area (Å²) >= 11 is 1.32. The first-order valence-electron chi connectivity index (χ1n) is 9.63. The largest absolute Gasteiger partial charge is 0.324 e. The number of aliphatic imine (C=N–C) groups is 1. The van der Waals surface area contributed by atoms with Crippen molar-refractivity contribution in [3.8, 4) is 0 Å². The molecule has 0 spiro atoms. The maximum Gasteiger partial charge on any atom is 0.242 e. The van der Waals surface area contributed by atoms with Gasteiger partial charge < -0.3 is 5.32 Å². The Labute approximate surface area is 173 Å². The van der Waals surface area contributed by atoms with E-state index in [2.05, 4.69) is 5.32 Å². The molecule has 2 aromatic carbocycles. The van der Waals surface area contributed by atoms with Gasteiger partial charge in [0.25, 0.3) is 0 Å². The normalized spacial score (nSPS) is 20.4. The van der Waals surface area contributed by atoms with Crippen LogP contribution in [-0.2, 0) is 9.59 Å². The summed E-state index contributed by atoms with van der Waals surface area (Å²) in [7, 11) is 0. The van der Waals surface area contributed by atoms with E-state index in [1.165, 1.54) is 23.9 Å². The van der Waals surface area contributed by atoms with Crippen molar-refractivity contribution in [1.82, 2.24) is 4.90 Å². The molecule has 2 aliphatic rings. The molecule has 1 atom stereocenters. The number of hydrogen-bond donors (Lipinski definition) is 1. The van der Waals surface area contributed by atoms with Gasteiger partial charge in [-0.05, 0) is 56.0 Å². The van der Waals surface area contributed by atoms with Gasteiger partial charge in [-0.3, -0.25) is 14.5 Å². The van der Waals surface area contributed by atoms with Gasteiger partial charge >= 0.3 is 0 Å². The van der Waals surface area contributed by atoms with E-state index in [9.17, 15) is 14.0 Å². The van der Waals surface area contributed by atoms with Gasteiger partial charge in [0.05, 0.1) is 11.4 Å². The molecule has 1 heterocycles. The van der Waals surface area contributed by atoms with Crippen LogP contribution in [0.5, 0.6) is 0 Å². The van der Waals surface area contributed by atoms with Crippen LogP contribution < -0.4 is 5.32 Å². The summed E-state index contributed by atoms with van der Waals surface area (Å²) in [5, 5.41) is 2.66. The molecule has 1 N–H and O–H groups in total. The van der Waals surface area contributed by atoms with Gasteiger partial charge in [-0.1, -0.05) is 36.0 Å². The molecule has 0 aromatic heterocycles. The zero-order valence-corrected chi connectivity index (χ0v) is 17.1. The standard InChI is InChI=1S/C22H22FN3O2S/c1-13-6-5-9-17(14(13)2)25-22-26(15-10-11-15)21(28)19(29-22)12-20(27)24-18-8-4-3-7-16(18)23/h3-9,15,19H,10-12H2,1-2H3,(H,24,27). The average Bonchev–Trinajstić information content (AvgIpc) is 3.47. The van der Waals surface area contributed by atoms with Crippen LogP contribution in [0, 0.1) is 19.7 Å². The topological polar surface area (TPSA) is 61.8 Å². The van der Waals surface area contributed by atoms with Gasteiger partial charge in [-0.2, -0.15) is 0 Å². The smallest absolute Gasteiger partial charge is 0.242 e. The fourth-order valence-corrected chi connectivity index (χ4v) is 4.46. The molecular formula is C22H22FN3O2S. The highest BCUT2D eigenvalue weighted by molar-refractivity contribution is 8.15. The lowest BCUT2D eigenvalue weighted by atomic mass is 10.1. The second kappa shape index (κ2) is 7.99. The number of carbonyl (C=O) groups excluding carboxylic acids is 2. The van der Waals surface area contributed by atoms with E-state index >= 15 is 0 Å². The van der Waals surface area contributed by atoms with Crippen molar-refractivity contribution in [2.75, 3.05) is 5.32 Å². The van der Waals surface area contributed by atoms with E-state index in [4.69, 9.17) is 4.99 Å². The average molecular weight is 412 g/mol. The SMILES string of the molecule is Cc1cccc(N=C2SC(CC(=O)Nc3ccccc3F)C(=O)N2C2CC2)c1C. The van der Waals surface area contributed by atoms with Gasteiger partial charge in [0.1, 0.15) is 11.1 Å². The van der Waals surface area contributed by atoms with E-state index in [1.807, 2.05) is 32.0 Å². The van der Waals surface area contributed by atoms with E-state index in [1.54, 1.807) is 17.0 Å². The first-order valence-corrected chi connectivity index (χ1v) is 10.5. The van der Waals surface area contributed by atoms with Crippen LogP contribution in [0.25, 0.3) is 0 Å². The summed E-state index contributed by atoms with van der Waals surface area (Å²) in [5.41, 5.74) is 3.17. The Balaban J connectivity index is 1.53. The summed E-state index contributed by atoms with van der Waals surface area (Å²) in [6.45, 7) is 4.04. The molecule has 1 aliphatic carbocycles. The number of nitrogens with one attached hydrogen (secondary N) is 1. The predicted octanol–water partition coefficient (Wildman–Crippen LogP) is 4.57. The van der Waals surface area contributed by atoms with Crippen LogP contribution in [0.3, 0.4) is 0 Å². The third kappa shape index (κ3) is 4.19. The number of nitrogens with zero attached hydrogens (tertiary/aromatic N) is 2. The number of hydrogen-bond acceptors (Lipinski definition) is 4. The molecule has 1 saturated carbocycles. The molecule has 4 rings (SSSR count). The minimum Gasteiger partial charge on any atom is -0.324 e. The lowest BCUT2D eigenvalue weighted by Gasteiger charge is -2.15. The molecule has 0 radical (unpaired) electrons. The molecule has 5 nitrogen and oxygen atoms in total. The van der Waals surface area contributed by atoms with E-state index in [0.717, 1.165) is 29.7 Å². The van der Waals surface area contributed by atoms with Gasteiger partial charge in [-0.25, -0.2) is 9.38 Å². The fourth-order valence-electron chi connectivity index (χ4n) is 3.25. The molecule has 1 aliphatic heterocycles. The number of aryl methyl sites for hydroxylation is 1. The number of thioether (sulfide) groups is 1. The molecule has 150 valence electrons. The molecule has 7 heteroatoms. The van der Waals surface area contributed by atoms with E-state index < -0.39 is 11.1 Å². The van der Waals surface area contributed by atoms with Crippen LogP contribution in [-0.4, -0.2) is 33.2 Å². The monoisotopic (exact) mass is 411 g/mol. The van der Waals surface area contributed by atoms with Crippen LogP contribution in [0.2, 0.25) is 0 Å². The number of para-hydroxylation sites is 1. The van der Waals surface area contributed by atoms with Gasteiger partial charge in [0.2, 0.25) is 11.8 Å². The first kappa shape index (κ1) is 19.6. The number of benzene rings is 2. The Morgan fingerprint density at radius 2 is 1.97 bits per heavy atom. The second-order valence-corrected chi connectivity index (χ2v) is 8.56. The minimum absolute atomic E-state index is 0.0210. The van der Waals surface area contributed by atoms with Crippen molar-refractivity contribution in [2.24, 2.45) is 4.99 Å². The molecule has 29 heavy (non-hydrogen) atoms. The number of halogens is 1. The molecular weight excluding hydrogens is 389 g/mol. The lowest BCUT2D eigenvalue weighted by molar-refractivity contribution is -0.128. The number of rotatable bonds is 5. The van der Waals surface area contributed by atoms with Gasteiger partial charge in [0, 0.05) is 12.5 Å². The zero-order valence-electron chi connectivity index (χ0n) is 16.3. The Kier molecular flexibility index (Phi) is 5.41. The maximum absolute atomic E-state index is 13.8. The van der Waals surface area contributed by atoms with Crippen molar-refractivity contribution >= 4 is 40.1 Å². The summed E-state index contributed by atoms with van der Waals surface area (Å²) < 4.78 is 13.8. The van der Waals surface area contributed by atoms with Gasteiger partial charge in [-0.15, -0.1) is 0 Å². The summed E-state index contributed by atoms with van der Waals surface area (Å²) in [4.78, 5) is 31.9. The van der Waals surface area contributed by atoms with Crippen LogP contribution in [0.1, 0.15) is 30.4 Å². The number of amidine groups is 1. The van der Waals surface area contributed by atoms with E-state index in [-0.39, 0.29) is 30.0 Å². The number of amides is 2. The van der Waals surface area contributed by atoms with Gasteiger partial charge in [0.15, 0.2) is 5.17 Å². The van der Waals surface area contributed by atoms with Crippen LogP contribution in [0.15, 0.2) is 47.5 Å². The van der Waals surface area contributed by atoms with Crippen LogP contribution >= 0.6 is 11.8 Å². The third-order valence-corrected chi connectivity index (χ3v) is 6.34. The summed E-state index contributed by atoms with van der Waals surface area (Å²) in [5.74, 6) is -0.974. The fraction of sp³-hybridized carbons (Fsp3) is 0.318. The van der Waals surface area contributed by atoms with Crippen molar-refractivity contribution < 1.29 is 14.0 Å². The molecule has 2 amide bonds. The summed E-state index contributed by atoms with van der Waals surface area (Å²) in [6, 6.07) is 12.1. The predicted molar refractivity (Wildman–Crippen MR) is 114 cm³/mol. The highest BCUT2D eigenvalue weighted by atomic mass is 32.2. The zero-order chi connectivity index (χ0) is 20.5. The Morgan fingerprint density at radius 1 is 1.21 bits per heavy atom. The minimum atomic E-state index is -0.550. The second-order valence-electron chi connectivity index (χ2n) is 7.39. The molecule has 0 bridgehead atoms. The maximum atomic E-state index is 13.8. The number of carbonyl (C=O) groups is 2. The lowest BCUT2D eigenvalue weighted by Crippen LogP contribution is -2.35. The van der Waals surface area contributed by atoms with Crippen molar-refractivity contribution in [3.63, 3.8) is 0 Å². The molecule has 2 fully saturated rings. The Morgan fingerprint density at radius 3 is 2.69 bits per heavy atom. The quantitative estimate of drug-likeness (QED) is 0.784. The Bertz CT molecular complexity index is 1000. The van der Waals surface area contributed by atoms with Crippen molar-refractivity contribution in [1.29, 1.82) is 0 Å². The van der Waals surface area contributed by atoms with Crippen molar-refractivity contribution in [2.45, 2.75) is 44.4 Å². The summed E-state index contributed by atoms with van der Waals surface area (Å²) in [6.07, 6.45) is 1.88. The first-order chi connectivity index (χ1) is 13.9. The molecule has 2 aromatic rings. The molecule has 1 saturated heterocycles. The highest BCUT2D eigenvalue weighted by Crippen LogP contribution is 2.40. The molecule has 1 unspecified atom stereocenters. The Hall–Kier alpha value is -2.67. The van der Waals surface area contributed by atoms with Crippen molar-refractivity contribution in [3.05, 3.63) is 59.4 Å². The highest BCUT2D eigenvalue weighted by Gasteiger charge is 2.46.